The van der Waals surface area contributed by atoms with E-state index in [1.807, 2.05) is 0 Å². The molecule has 0 saturated carbocycles. The molecular formula is C16H15N7O3. The molecule has 0 unspecified atom stereocenters. The molecular weight excluding hydrogens is 338 g/mol. The van der Waals surface area contributed by atoms with Gasteiger partial charge in [0, 0.05) is 43.9 Å². The molecule has 10 heteroatoms. The molecule has 1 aliphatic heterocycles. The molecule has 0 aliphatic carbocycles. The van der Waals surface area contributed by atoms with Gasteiger partial charge in [0.25, 0.3) is 5.91 Å². The van der Waals surface area contributed by atoms with Crippen molar-refractivity contribution in [3.05, 3.63) is 30.7 Å². The van der Waals surface area contributed by atoms with E-state index in [9.17, 15) is 14.7 Å². The third kappa shape index (κ3) is 3.42. The van der Waals surface area contributed by atoms with Crippen molar-refractivity contribution in [3.63, 3.8) is 0 Å². The van der Waals surface area contributed by atoms with E-state index < -0.39 is 11.5 Å². The average molecular weight is 353 g/mol. The number of aliphatic hydroxyl groups is 1. The first-order chi connectivity index (χ1) is 12.4. The summed E-state index contributed by atoms with van der Waals surface area (Å²) < 4.78 is 0. The van der Waals surface area contributed by atoms with E-state index in [0.717, 1.165) is 0 Å². The molecule has 0 bridgehead atoms. The van der Waals surface area contributed by atoms with Crippen molar-refractivity contribution in [1.82, 2.24) is 15.0 Å². The van der Waals surface area contributed by atoms with Crippen LogP contribution in [-0.4, -0.2) is 44.0 Å². The van der Waals surface area contributed by atoms with Crippen LogP contribution < -0.4 is 15.5 Å². The highest BCUT2D eigenvalue weighted by molar-refractivity contribution is 6.03. The number of carbonyl (C=O) groups is 2. The molecule has 1 fully saturated rings. The third-order valence-electron chi connectivity index (χ3n) is 3.76. The van der Waals surface area contributed by atoms with Crippen LogP contribution in [0.1, 0.15) is 13.3 Å². The number of rotatable bonds is 4. The molecule has 2 aromatic rings. The van der Waals surface area contributed by atoms with E-state index in [1.54, 1.807) is 18.2 Å². The van der Waals surface area contributed by atoms with Gasteiger partial charge in [-0.25, -0.2) is 15.0 Å². The van der Waals surface area contributed by atoms with Gasteiger partial charge in [0.05, 0.1) is 0 Å². The number of nitrogens with zero attached hydrogens (tertiary/aromatic N) is 5. The Kier molecular flexibility index (Phi) is 4.47. The maximum Gasteiger partial charge on any atom is 0.273 e. The fourth-order valence-corrected chi connectivity index (χ4v) is 2.52. The molecule has 0 radical (unpaired) electrons. The average Bonchev–Trinajstić information content (AvgIpc) is 2.91. The monoisotopic (exact) mass is 353 g/mol. The Morgan fingerprint density at radius 2 is 2.04 bits per heavy atom. The van der Waals surface area contributed by atoms with Gasteiger partial charge in [0.15, 0.2) is 0 Å². The summed E-state index contributed by atoms with van der Waals surface area (Å²) in [4.78, 5) is 36.8. The van der Waals surface area contributed by atoms with Crippen molar-refractivity contribution >= 4 is 35.0 Å². The summed E-state index contributed by atoms with van der Waals surface area (Å²) in [5, 5.41) is 24.5. The lowest BCUT2D eigenvalue weighted by Crippen LogP contribution is -2.38. The summed E-state index contributed by atoms with van der Waals surface area (Å²) in [5.74, 6) is 0.212. The number of nitrogens with one attached hydrogen (secondary N) is 2. The zero-order chi connectivity index (χ0) is 18.7. The molecule has 3 heterocycles. The van der Waals surface area contributed by atoms with Crippen LogP contribution in [0.2, 0.25) is 0 Å². The Morgan fingerprint density at radius 3 is 2.73 bits per heavy atom. The van der Waals surface area contributed by atoms with E-state index in [4.69, 9.17) is 5.26 Å². The summed E-state index contributed by atoms with van der Waals surface area (Å²) in [5.41, 5.74) is -1.49. The minimum Gasteiger partial charge on any atom is -0.368 e. The van der Waals surface area contributed by atoms with Gasteiger partial charge in [-0.2, -0.15) is 5.26 Å². The lowest BCUT2D eigenvalue weighted by Gasteiger charge is -2.18. The molecule has 132 valence electrons. The van der Waals surface area contributed by atoms with Crippen molar-refractivity contribution in [2.75, 3.05) is 22.1 Å². The van der Waals surface area contributed by atoms with Crippen molar-refractivity contribution < 1.29 is 14.7 Å². The Hall–Kier alpha value is -3.58. The van der Waals surface area contributed by atoms with Gasteiger partial charge in [-0.15, -0.1) is 0 Å². The van der Waals surface area contributed by atoms with Gasteiger partial charge >= 0.3 is 0 Å². The summed E-state index contributed by atoms with van der Waals surface area (Å²) in [7, 11) is 0. The molecule has 10 nitrogen and oxygen atoms in total. The quantitative estimate of drug-likeness (QED) is 0.676. The second kappa shape index (κ2) is 6.73. The first-order valence-corrected chi connectivity index (χ1v) is 7.69. The first-order valence-electron chi connectivity index (χ1n) is 7.69. The number of hydrogen-bond acceptors (Lipinski definition) is 8. The van der Waals surface area contributed by atoms with Gasteiger partial charge < -0.3 is 20.6 Å². The van der Waals surface area contributed by atoms with Gasteiger partial charge in [-0.05, 0) is 6.07 Å². The van der Waals surface area contributed by atoms with Gasteiger partial charge in [-0.3, -0.25) is 9.59 Å². The normalized spacial score (nSPS) is 19.1. The Labute approximate surface area is 148 Å². The highest BCUT2D eigenvalue weighted by Gasteiger charge is 2.46. The molecule has 1 aliphatic rings. The number of hydrogen-bond donors (Lipinski definition) is 3. The van der Waals surface area contributed by atoms with Crippen molar-refractivity contribution in [3.8, 4) is 6.07 Å². The van der Waals surface area contributed by atoms with Gasteiger partial charge in [0.1, 0.15) is 29.9 Å². The summed E-state index contributed by atoms with van der Waals surface area (Å²) in [6.45, 7) is 1.60. The highest BCUT2D eigenvalue weighted by Crippen LogP contribution is 2.29. The lowest BCUT2D eigenvalue weighted by atomic mass is 10.1. The minimum atomic E-state index is -1.99. The predicted octanol–water partition coefficient (Wildman–Crippen LogP) is 0.565. The SMILES string of the molecule is CC(=O)Nc1cc(Nc2cc(N3CC[C@](O)(C#N)C3=O)ccn2)ncn1. The number of nitriles is 1. The molecule has 2 aromatic heterocycles. The number of aromatic nitrogens is 3. The molecule has 26 heavy (non-hydrogen) atoms. The summed E-state index contributed by atoms with van der Waals surface area (Å²) >= 11 is 0. The van der Waals surface area contributed by atoms with E-state index >= 15 is 0 Å². The third-order valence-corrected chi connectivity index (χ3v) is 3.76. The second-order valence-corrected chi connectivity index (χ2v) is 5.67. The number of amides is 2. The minimum absolute atomic E-state index is 0.0411. The summed E-state index contributed by atoms with van der Waals surface area (Å²) in [6.07, 6.45) is 2.82. The maximum absolute atomic E-state index is 12.2. The fraction of sp³-hybridized carbons (Fsp3) is 0.250. The van der Waals surface area contributed by atoms with Crippen LogP contribution in [0.15, 0.2) is 30.7 Å². The largest absolute Gasteiger partial charge is 0.368 e. The zero-order valence-corrected chi connectivity index (χ0v) is 13.8. The molecule has 1 atom stereocenters. The van der Waals surface area contributed by atoms with E-state index in [0.29, 0.717) is 23.1 Å². The zero-order valence-electron chi connectivity index (χ0n) is 13.8. The highest BCUT2D eigenvalue weighted by atomic mass is 16.3. The molecule has 3 rings (SSSR count). The predicted molar refractivity (Wildman–Crippen MR) is 91.4 cm³/mol. The van der Waals surface area contributed by atoms with E-state index in [2.05, 4.69) is 25.6 Å². The molecule has 0 spiro atoms. The van der Waals surface area contributed by atoms with Crippen LogP contribution >= 0.6 is 0 Å². The van der Waals surface area contributed by atoms with Crippen molar-refractivity contribution in [1.29, 1.82) is 5.26 Å². The second-order valence-electron chi connectivity index (χ2n) is 5.67. The number of carbonyl (C=O) groups excluding carboxylic acids is 2. The van der Waals surface area contributed by atoms with Crippen LogP contribution in [0.5, 0.6) is 0 Å². The number of anilines is 4. The first kappa shape index (κ1) is 17.2. The smallest absolute Gasteiger partial charge is 0.273 e. The summed E-state index contributed by atoms with van der Waals surface area (Å²) in [6, 6.07) is 6.39. The van der Waals surface area contributed by atoms with Crippen LogP contribution in [0.3, 0.4) is 0 Å². The standard InChI is InChI=1S/C16H15N7O3/c1-10(24)21-13-7-14(20-9-19-13)22-12-6-11(2-4-18-12)23-5-3-16(26,8-17)15(23)25/h2,4,6-7,9,26H,3,5H2,1H3,(H2,18,19,20,21,22,24)/t16-/m0/s1. The molecule has 3 N–H and O–H groups in total. The van der Waals surface area contributed by atoms with E-state index in [1.165, 1.54) is 30.4 Å². The van der Waals surface area contributed by atoms with Crippen LogP contribution in [0, 0.1) is 11.3 Å². The molecule has 1 saturated heterocycles. The number of pyridine rings is 1. The van der Waals surface area contributed by atoms with Gasteiger partial charge in [-0.1, -0.05) is 0 Å². The van der Waals surface area contributed by atoms with Crippen molar-refractivity contribution in [2.24, 2.45) is 0 Å². The fourth-order valence-electron chi connectivity index (χ4n) is 2.52. The van der Waals surface area contributed by atoms with Crippen molar-refractivity contribution in [2.45, 2.75) is 18.9 Å². The van der Waals surface area contributed by atoms with Crippen LogP contribution in [0.4, 0.5) is 23.1 Å². The van der Waals surface area contributed by atoms with Crippen LogP contribution in [0.25, 0.3) is 0 Å². The topological polar surface area (TPSA) is 144 Å². The van der Waals surface area contributed by atoms with Gasteiger partial charge in [0.2, 0.25) is 11.5 Å². The Bertz CT molecular complexity index is 911. The van der Waals surface area contributed by atoms with E-state index in [-0.39, 0.29) is 18.9 Å². The lowest BCUT2D eigenvalue weighted by molar-refractivity contribution is -0.128. The molecule has 0 aromatic carbocycles. The Morgan fingerprint density at radius 1 is 1.31 bits per heavy atom. The Balaban J connectivity index is 1.80. The molecule has 2 amide bonds. The van der Waals surface area contributed by atoms with Crippen LogP contribution in [-0.2, 0) is 9.59 Å². The maximum atomic E-state index is 12.2.